The van der Waals surface area contributed by atoms with Crippen LogP contribution in [-0.2, 0) is 14.8 Å². The first-order chi connectivity index (χ1) is 11.5. The van der Waals surface area contributed by atoms with E-state index in [2.05, 4.69) is 5.32 Å². The number of hydrogen-bond acceptors (Lipinski definition) is 5. The summed E-state index contributed by atoms with van der Waals surface area (Å²) in [6, 6.07) is 6.27. The zero-order valence-electron chi connectivity index (χ0n) is 14.2. The van der Waals surface area contributed by atoms with Gasteiger partial charge in [0.15, 0.2) is 0 Å². The van der Waals surface area contributed by atoms with Gasteiger partial charge in [-0.2, -0.15) is 4.31 Å². The van der Waals surface area contributed by atoms with E-state index in [1.165, 1.54) is 4.31 Å². The second kappa shape index (κ2) is 8.35. The number of piperazine rings is 1. The van der Waals surface area contributed by atoms with Gasteiger partial charge in [-0.15, -0.1) is 12.4 Å². The van der Waals surface area contributed by atoms with Crippen molar-refractivity contribution in [3.63, 3.8) is 0 Å². The van der Waals surface area contributed by atoms with Crippen LogP contribution in [0.15, 0.2) is 29.2 Å². The average Bonchev–Trinajstić information content (AvgIpc) is 3.16. The van der Waals surface area contributed by atoms with Crippen molar-refractivity contribution in [3.05, 3.63) is 24.3 Å². The van der Waals surface area contributed by atoms with Crippen LogP contribution in [0.25, 0.3) is 0 Å². The Morgan fingerprint density at radius 2 is 1.80 bits per heavy atom. The summed E-state index contributed by atoms with van der Waals surface area (Å²) in [5.41, 5.74) is 0. The van der Waals surface area contributed by atoms with Crippen LogP contribution in [0.4, 0.5) is 0 Å². The van der Waals surface area contributed by atoms with E-state index in [4.69, 9.17) is 4.74 Å². The second-order valence-corrected chi connectivity index (χ2v) is 7.99. The number of methoxy groups -OCH3 is 1. The van der Waals surface area contributed by atoms with Crippen molar-refractivity contribution in [1.29, 1.82) is 0 Å². The van der Waals surface area contributed by atoms with Gasteiger partial charge in [-0.25, -0.2) is 8.42 Å². The molecule has 1 atom stereocenters. The Bertz CT molecular complexity index is 682. The van der Waals surface area contributed by atoms with Gasteiger partial charge in [-0.1, -0.05) is 0 Å². The van der Waals surface area contributed by atoms with Gasteiger partial charge in [-0.05, 0) is 43.7 Å². The van der Waals surface area contributed by atoms with Crippen molar-refractivity contribution in [3.8, 4) is 5.75 Å². The molecule has 1 unspecified atom stereocenters. The minimum Gasteiger partial charge on any atom is -0.497 e. The molecule has 3 rings (SSSR count). The van der Waals surface area contributed by atoms with Gasteiger partial charge in [0.2, 0.25) is 15.9 Å². The molecule has 1 aromatic carbocycles. The Hall–Kier alpha value is -1.35. The fraction of sp³-hybridized carbons (Fsp3) is 0.562. The minimum atomic E-state index is -3.53. The highest BCUT2D eigenvalue weighted by Crippen LogP contribution is 2.21. The SMILES string of the molecule is COc1ccc(S(=O)(=O)N2CCN(C(=O)C3CCCN3)CC2)cc1.Cl. The number of carbonyl (C=O) groups excluding carboxylic acids is 1. The summed E-state index contributed by atoms with van der Waals surface area (Å²) in [6.45, 7) is 2.40. The highest BCUT2D eigenvalue weighted by molar-refractivity contribution is 7.89. The van der Waals surface area contributed by atoms with E-state index < -0.39 is 10.0 Å². The molecular formula is C16H24ClN3O4S. The van der Waals surface area contributed by atoms with E-state index in [1.54, 1.807) is 36.3 Å². The van der Waals surface area contributed by atoms with Crippen molar-refractivity contribution < 1.29 is 17.9 Å². The maximum atomic E-state index is 12.7. The maximum Gasteiger partial charge on any atom is 0.243 e. The number of ether oxygens (including phenoxy) is 1. The highest BCUT2D eigenvalue weighted by Gasteiger charge is 2.33. The number of nitrogens with one attached hydrogen (secondary N) is 1. The van der Waals surface area contributed by atoms with E-state index in [-0.39, 0.29) is 29.3 Å². The first-order valence-electron chi connectivity index (χ1n) is 8.19. The Kier molecular flexibility index (Phi) is 6.67. The van der Waals surface area contributed by atoms with Gasteiger partial charge in [0, 0.05) is 26.2 Å². The summed E-state index contributed by atoms with van der Waals surface area (Å²) in [5, 5.41) is 3.20. The first kappa shape index (κ1) is 20.0. The molecule has 1 N–H and O–H groups in total. The van der Waals surface area contributed by atoms with Crippen LogP contribution in [0.5, 0.6) is 5.75 Å². The fourth-order valence-corrected chi connectivity index (χ4v) is 4.58. The van der Waals surface area contributed by atoms with Crippen LogP contribution in [-0.4, -0.2) is 69.4 Å². The molecule has 2 aliphatic heterocycles. The van der Waals surface area contributed by atoms with Crippen LogP contribution in [0.2, 0.25) is 0 Å². The molecule has 9 heteroatoms. The molecule has 140 valence electrons. The molecule has 2 aliphatic rings. The van der Waals surface area contributed by atoms with E-state index in [9.17, 15) is 13.2 Å². The van der Waals surface area contributed by atoms with Crippen molar-refractivity contribution in [2.75, 3.05) is 39.8 Å². The molecule has 0 aliphatic carbocycles. The second-order valence-electron chi connectivity index (χ2n) is 6.05. The smallest absolute Gasteiger partial charge is 0.243 e. The lowest BCUT2D eigenvalue weighted by molar-refractivity contribution is -0.134. The number of rotatable bonds is 4. The van der Waals surface area contributed by atoms with Gasteiger partial charge >= 0.3 is 0 Å². The molecule has 2 heterocycles. The standard InChI is InChI=1S/C16H23N3O4S.ClH/c1-23-13-4-6-14(7-5-13)24(21,22)19-11-9-18(10-12-19)16(20)15-3-2-8-17-15;/h4-7,15,17H,2-3,8-12H2,1H3;1H. The van der Waals surface area contributed by atoms with Crippen molar-refractivity contribution >= 4 is 28.3 Å². The molecule has 7 nitrogen and oxygen atoms in total. The van der Waals surface area contributed by atoms with Gasteiger partial charge in [-0.3, -0.25) is 4.79 Å². The summed E-state index contributed by atoms with van der Waals surface area (Å²) in [4.78, 5) is 14.4. The first-order valence-corrected chi connectivity index (χ1v) is 9.63. The summed E-state index contributed by atoms with van der Waals surface area (Å²) in [7, 11) is -1.99. The molecule has 1 aromatic rings. The Labute approximate surface area is 154 Å². The number of benzene rings is 1. The quantitative estimate of drug-likeness (QED) is 0.820. The monoisotopic (exact) mass is 389 g/mol. The van der Waals surface area contributed by atoms with Gasteiger partial charge in [0.1, 0.15) is 5.75 Å². The lowest BCUT2D eigenvalue weighted by atomic mass is 10.2. The highest BCUT2D eigenvalue weighted by atomic mass is 35.5. The summed E-state index contributed by atoms with van der Waals surface area (Å²) in [5.74, 6) is 0.711. The van der Waals surface area contributed by atoms with Crippen molar-refractivity contribution in [2.45, 2.75) is 23.8 Å². The molecule has 0 saturated carbocycles. The molecule has 2 fully saturated rings. The lowest BCUT2D eigenvalue weighted by Gasteiger charge is -2.35. The third kappa shape index (κ3) is 4.25. The van der Waals surface area contributed by atoms with Crippen LogP contribution < -0.4 is 10.1 Å². The van der Waals surface area contributed by atoms with E-state index in [0.717, 1.165) is 19.4 Å². The van der Waals surface area contributed by atoms with Crippen LogP contribution in [0, 0.1) is 0 Å². The third-order valence-corrected chi connectivity index (χ3v) is 6.52. The fourth-order valence-electron chi connectivity index (χ4n) is 3.16. The third-order valence-electron chi connectivity index (χ3n) is 4.61. The summed E-state index contributed by atoms with van der Waals surface area (Å²) < 4.78 is 31.9. The van der Waals surface area contributed by atoms with E-state index in [1.807, 2.05) is 0 Å². The maximum absolute atomic E-state index is 12.7. The molecule has 0 aromatic heterocycles. The van der Waals surface area contributed by atoms with Gasteiger partial charge < -0.3 is 15.0 Å². The molecular weight excluding hydrogens is 366 g/mol. The molecule has 2 saturated heterocycles. The predicted octanol–water partition coefficient (Wildman–Crippen LogP) is 0.702. The number of amides is 1. The number of hydrogen-bond donors (Lipinski definition) is 1. The predicted molar refractivity (Wildman–Crippen MR) is 96.6 cm³/mol. The van der Waals surface area contributed by atoms with Crippen LogP contribution >= 0.6 is 12.4 Å². The average molecular weight is 390 g/mol. The number of carbonyl (C=O) groups is 1. The number of nitrogens with zero attached hydrogens (tertiary/aromatic N) is 2. The largest absolute Gasteiger partial charge is 0.497 e. The molecule has 25 heavy (non-hydrogen) atoms. The molecule has 0 bridgehead atoms. The number of sulfonamides is 1. The van der Waals surface area contributed by atoms with Gasteiger partial charge in [0.05, 0.1) is 18.0 Å². The molecule has 0 radical (unpaired) electrons. The van der Waals surface area contributed by atoms with Gasteiger partial charge in [0.25, 0.3) is 0 Å². The van der Waals surface area contributed by atoms with E-state index in [0.29, 0.717) is 31.9 Å². The Morgan fingerprint density at radius 1 is 1.16 bits per heavy atom. The minimum absolute atomic E-state index is 0. The Balaban J connectivity index is 0.00000225. The van der Waals surface area contributed by atoms with E-state index >= 15 is 0 Å². The summed E-state index contributed by atoms with van der Waals surface area (Å²) in [6.07, 6.45) is 1.88. The molecule has 0 spiro atoms. The zero-order valence-corrected chi connectivity index (χ0v) is 15.8. The molecule has 1 amide bonds. The van der Waals surface area contributed by atoms with Crippen LogP contribution in [0.3, 0.4) is 0 Å². The number of halogens is 1. The van der Waals surface area contributed by atoms with Crippen molar-refractivity contribution in [2.24, 2.45) is 0 Å². The van der Waals surface area contributed by atoms with Crippen molar-refractivity contribution in [1.82, 2.24) is 14.5 Å². The summed E-state index contributed by atoms with van der Waals surface area (Å²) >= 11 is 0. The normalized spacial score (nSPS) is 21.6. The zero-order chi connectivity index (χ0) is 17.2. The lowest BCUT2D eigenvalue weighted by Crippen LogP contribution is -2.54. The topological polar surface area (TPSA) is 79.0 Å². The Morgan fingerprint density at radius 3 is 2.32 bits per heavy atom. The van der Waals surface area contributed by atoms with Crippen LogP contribution in [0.1, 0.15) is 12.8 Å².